The SMILES string of the molecule is CN(CC(=O)Nc1ccc(Cl)c(Cl)c1)C(=O)Cn1nnc2ccccc21. The molecule has 26 heavy (non-hydrogen) atoms. The molecule has 0 unspecified atom stereocenters. The normalized spacial score (nSPS) is 10.7. The Bertz CT molecular complexity index is 973. The average Bonchev–Trinajstić information content (AvgIpc) is 3.01. The quantitative estimate of drug-likeness (QED) is 0.724. The number of carbonyl (C=O) groups excluding carboxylic acids is 2. The minimum atomic E-state index is -0.345. The van der Waals surface area contributed by atoms with E-state index in [2.05, 4.69) is 15.6 Å². The number of hydrogen-bond donors (Lipinski definition) is 1. The van der Waals surface area contributed by atoms with Crippen molar-refractivity contribution in [3.63, 3.8) is 0 Å². The topological polar surface area (TPSA) is 80.1 Å². The summed E-state index contributed by atoms with van der Waals surface area (Å²) in [7, 11) is 1.55. The van der Waals surface area contributed by atoms with Crippen LogP contribution in [-0.4, -0.2) is 45.3 Å². The van der Waals surface area contributed by atoms with E-state index in [1.807, 2.05) is 24.3 Å². The fourth-order valence-electron chi connectivity index (χ4n) is 2.36. The molecule has 3 aromatic rings. The molecule has 0 saturated heterocycles. The van der Waals surface area contributed by atoms with Gasteiger partial charge < -0.3 is 10.2 Å². The molecule has 9 heteroatoms. The molecule has 134 valence electrons. The number of benzene rings is 2. The predicted molar refractivity (Wildman–Crippen MR) is 100 cm³/mol. The molecule has 0 atom stereocenters. The van der Waals surface area contributed by atoms with Crippen molar-refractivity contribution in [1.29, 1.82) is 0 Å². The van der Waals surface area contributed by atoms with E-state index in [1.165, 1.54) is 9.58 Å². The van der Waals surface area contributed by atoms with Gasteiger partial charge in [0.1, 0.15) is 12.1 Å². The molecule has 0 spiro atoms. The molecule has 0 aliphatic rings. The highest BCUT2D eigenvalue weighted by molar-refractivity contribution is 6.42. The van der Waals surface area contributed by atoms with Crippen LogP contribution in [0.15, 0.2) is 42.5 Å². The Labute approximate surface area is 159 Å². The van der Waals surface area contributed by atoms with Crippen LogP contribution in [0.2, 0.25) is 10.0 Å². The van der Waals surface area contributed by atoms with Crippen molar-refractivity contribution in [3.05, 3.63) is 52.5 Å². The smallest absolute Gasteiger partial charge is 0.244 e. The van der Waals surface area contributed by atoms with Crippen LogP contribution in [0.5, 0.6) is 0 Å². The Hall–Kier alpha value is -2.64. The average molecular weight is 392 g/mol. The number of rotatable bonds is 5. The zero-order chi connectivity index (χ0) is 18.7. The van der Waals surface area contributed by atoms with Gasteiger partial charge in [0, 0.05) is 12.7 Å². The molecule has 0 radical (unpaired) electrons. The van der Waals surface area contributed by atoms with Gasteiger partial charge in [0.2, 0.25) is 11.8 Å². The monoisotopic (exact) mass is 391 g/mol. The molecule has 0 aliphatic heterocycles. The maximum Gasteiger partial charge on any atom is 0.244 e. The lowest BCUT2D eigenvalue weighted by atomic mass is 10.3. The summed E-state index contributed by atoms with van der Waals surface area (Å²) in [5.74, 6) is -0.604. The number of hydrogen-bond acceptors (Lipinski definition) is 4. The number of carbonyl (C=O) groups is 2. The number of likely N-dealkylation sites (N-methyl/N-ethyl adjacent to an activating group) is 1. The number of aromatic nitrogens is 3. The van der Waals surface area contributed by atoms with E-state index in [1.54, 1.807) is 25.2 Å². The van der Waals surface area contributed by atoms with E-state index in [4.69, 9.17) is 23.2 Å². The third kappa shape index (κ3) is 4.12. The van der Waals surface area contributed by atoms with E-state index in [9.17, 15) is 9.59 Å². The first-order valence-electron chi connectivity index (χ1n) is 7.71. The number of halogens is 2. The van der Waals surface area contributed by atoms with Crippen molar-refractivity contribution in [1.82, 2.24) is 19.9 Å². The predicted octanol–water partition coefficient (Wildman–Crippen LogP) is 2.84. The number of para-hydroxylation sites is 1. The summed E-state index contributed by atoms with van der Waals surface area (Å²) in [5.41, 5.74) is 1.97. The number of anilines is 1. The Morgan fingerprint density at radius 3 is 2.69 bits per heavy atom. The second-order valence-corrected chi connectivity index (χ2v) is 6.48. The Kier molecular flexibility index (Phi) is 5.39. The van der Waals surface area contributed by atoms with Crippen molar-refractivity contribution in [2.75, 3.05) is 18.9 Å². The van der Waals surface area contributed by atoms with Crippen LogP contribution in [0, 0.1) is 0 Å². The van der Waals surface area contributed by atoms with Gasteiger partial charge in [0.15, 0.2) is 0 Å². The molecule has 1 aromatic heterocycles. The number of nitrogens with zero attached hydrogens (tertiary/aromatic N) is 4. The second-order valence-electron chi connectivity index (χ2n) is 5.66. The Morgan fingerprint density at radius 1 is 1.15 bits per heavy atom. The molecule has 1 heterocycles. The van der Waals surface area contributed by atoms with Gasteiger partial charge in [-0.2, -0.15) is 0 Å². The Morgan fingerprint density at radius 2 is 1.92 bits per heavy atom. The molecule has 2 amide bonds. The van der Waals surface area contributed by atoms with Gasteiger partial charge in [-0.25, -0.2) is 4.68 Å². The first-order valence-corrected chi connectivity index (χ1v) is 8.47. The van der Waals surface area contributed by atoms with Gasteiger partial charge >= 0.3 is 0 Å². The van der Waals surface area contributed by atoms with Gasteiger partial charge in [-0.3, -0.25) is 9.59 Å². The van der Waals surface area contributed by atoms with Crippen molar-refractivity contribution in [3.8, 4) is 0 Å². The highest BCUT2D eigenvalue weighted by Gasteiger charge is 2.16. The minimum Gasteiger partial charge on any atom is -0.335 e. The standard InChI is InChI=1S/C17H15Cl2N5O2/c1-23(9-16(25)20-11-6-7-12(18)13(19)8-11)17(26)10-24-15-5-3-2-4-14(15)21-22-24/h2-8H,9-10H2,1H3,(H,20,25). The summed E-state index contributed by atoms with van der Waals surface area (Å²) in [5, 5.41) is 11.4. The maximum atomic E-state index is 12.4. The van der Waals surface area contributed by atoms with E-state index >= 15 is 0 Å². The first-order chi connectivity index (χ1) is 12.4. The van der Waals surface area contributed by atoms with Gasteiger partial charge in [-0.15, -0.1) is 5.10 Å². The van der Waals surface area contributed by atoms with Gasteiger partial charge in [-0.05, 0) is 30.3 Å². The van der Waals surface area contributed by atoms with E-state index < -0.39 is 0 Å². The minimum absolute atomic E-state index is 0.00291. The molecule has 7 nitrogen and oxygen atoms in total. The lowest BCUT2D eigenvalue weighted by Gasteiger charge is -2.17. The lowest BCUT2D eigenvalue weighted by Crippen LogP contribution is -2.37. The van der Waals surface area contributed by atoms with Gasteiger partial charge in [0.25, 0.3) is 0 Å². The number of nitrogens with one attached hydrogen (secondary N) is 1. The van der Waals surface area contributed by atoms with Crippen LogP contribution in [0.3, 0.4) is 0 Å². The zero-order valence-corrected chi connectivity index (χ0v) is 15.3. The van der Waals surface area contributed by atoms with Crippen LogP contribution >= 0.6 is 23.2 Å². The van der Waals surface area contributed by atoms with Crippen LogP contribution in [0.4, 0.5) is 5.69 Å². The highest BCUT2D eigenvalue weighted by Crippen LogP contribution is 2.24. The van der Waals surface area contributed by atoms with Crippen molar-refractivity contribution >= 4 is 51.7 Å². The van der Waals surface area contributed by atoms with Crippen LogP contribution in [0.1, 0.15) is 0 Å². The van der Waals surface area contributed by atoms with Gasteiger partial charge in [0.05, 0.1) is 22.1 Å². The van der Waals surface area contributed by atoms with Crippen LogP contribution in [-0.2, 0) is 16.1 Å². The van der Waals surface area contributed by atoms with Gasteiger partial charge in [-0.1, -0.05) is 40.5 Å². The molecular formula is C17H15Cl2N5O2. The molecule has 0 bridgehead atoms. The summed E-state index contributed by atoms with van der Waals surface area (Å²) in [6.45, 7) is -0.108. The molecular weight excluding hydrogens is 377 g/mol. The third-order valence-electron chi connectivity index (χ3n) is 3.72. The van der Waals surface area contributed by atoms with Crippen molar-refractivity contribution in [2.45, 2.75) is 6.54 Å². The zero-order valence-electron chi connectivity index (χ0n) is 13.8. The highest BCUT2D eigenvalue weighted by atomic mass is 35.5. The second kappa shape index (κ2) is 7.72. The summed E-state index contributed by atoms with van der Waals surface area (Å²) >= 11 is 11.8. The molecule has 3 rings (SSSR count). The molecule has 1 N–H and O–H groups in total. The Balaban J connectivity index is 1.59. The van der Waals surface area contributed by atoms with Crippen LogP contribution in [0.25, 0.3) is 11.0 Å². The summed E-state index contributed by atoms with van der Waals surface area (Å²) in [4.78, 5) is 25.8. The fraction of sp³-hybridized carbons (Fsp3) is 0.176. The molecule has 0 saturated carbocycles. The van der Waals surface area contributed by atoms with E-state index in [0.717, 1.165) is 5.52 Å². The number of amides is 2. The van der Waals surface area contributed by atoms with Crippen molar-refractivity contribution < 1.29 is 9.59 Å². The van der Waals surface area contributed by atoms with Crippen molar-refractivity contribution in [2.24, 2.45) is 0 Å². The lowest BCUT2D eigenvalue weighted by molar-refractivity contribution is -0.133. The fourth-order valence-corrected chi connectivity index (χ4v) is 2.66. The van der Waals surface area contributed by atoms with E-state index in [-0.39, 0.29) is 24.9 Å². The molecule has 0 fully saturated rings. The third-order valence-corrected chi connectivity index (χ3v) is 4.45. The first kappa shape index (κ1) is 18.2. The number of fused-ring (bicyclic) bond motifs is 1. The van der Waals surface area contributed by atoms with Crippen LogP contribution < -0.4 is 5.32 Å². The largest absolute Gasteiger partial charge is 0.335 e. The maximum absolute atomic E-state index is 12.4. The molecule has 0 aliphatic carbocycles. The summed E-state index contributed by atoms with van der Waals surface area (Å²) in [6.07, 6.45) is 0. The molecule has 2 aromatic carbocycles. The summed E-state index contributed by atoms with van der Waals surface area (Å²) < 4.78 is 1.50. The summed E-state index contributed by atoms with van der Waals surface area (Å²) in [6, 6.07) is 12.1. The van der Waals surface area contributed by atoms with E-state index in [0.29, 0.717) is 21.2 Å².